The van der Waals surface area contributed by atoms with E-state index in [-0.39, 0.29) is 0 Å². The molecule has 2 heterocycles. The highest BCUT2D eigenvalue weighted by Crippen LogP contribution is 2.33. The van der Waals surface area contributed by atoms with Gasteiger partial charge >= 0.3 is 0 Å². The predicted molar refractivity (Wildman–Crippen MR) is 100 cm³/mol. The third-order valence-electron chi connectivity index (χ3n) is 4.84. The molecule has 0 aliphatic carbocycles. The Kier molecular flexibility index (Phi) is 3.34. The molecule has 2 aromatic carbocycles. The summed E-state index contributed by atoms with van der Waals surface area (Å²) in [5.41, 5.74) is 9.31. The van der Waals surface area contributed by atoms with Crippen molar-refractivity contribution in [1.82, 2.24) is 4.98 Å². The molecule has 1 N–H and O–H groups in total. The zero-order chi connectivity index (χ0) is 16.8. The first-order valence-corrected chi connectivity index (χ1v) is 8.29. The number of benzene rings is 2. The van der Waals surface area contributed by atoms with Crippen LogP contribution in [0.5, 0.6) is 0 Å². The maximum absolute atomic E-state index is 6.18. The molecule has 2 nitrogen and oxygen atoms in total. The van der Waals surface area contributed by atoms with E-state index in [4.69, 9.17) is 4.42 Å². The fraction of sp³-hybridized carbons (Fsp3) is 0.182. The molecule has 0 saturated heterocycles. The van der Waals surface area contributed by atoms with Crippen molar-refractivity contribution in [2.45, 2.75) is 27.7 Å². The number of H-pyrrole nitrogens is 1. The third-order valence-corrected chi connectivity index (χ3v) is 4.84. The maximum atomic E-state index is 6.18. The van der Waals surface area contributed by atoms with E-state index in [0.29, 0.717) is 0 Å². The van der Waals surface area contributed by atoms with Crippen molar-refractivity contribution in [2.75, 3.05) is 0 Å². The van der Waals surface area contributed by atoms with E-state index in [1.807, 2.05) is 0 Å². The fourth-order valence-electron chi connectivity index (χ4n) is 3.23. The Morgan fingerprint density at radius 2 is 1.46 bits per heavy atom. The second-order valence-electron chi connectivity index (χ2n) is 6.64. The Morgan fingerprint density at radius 3 is 2.21 bits per heavy atom. The number of aromatic amines is 1. The molecule has 2 aromatic heterocycles. The van der Waals surface area contributed by atoms with E-state index in [1.54, 1.807) is 0 Å². The minimum absolute atomic E-state index is 0.889. The Morgan fingerprint density at radius 1 is 0.750 bits per heavy atom. The van der Waals surface area contributed by atoms with Gasteiger partial charge in [0.2, 0.25) is 0 Å². The molecule has 0 fully saturated rings. The minimum atomic E-state index is 0.889. The molecular formula is C22H21NO. The van der Waals surface area contributed by atoms with Gasteiger partial charge in [-0.1, -0.05) is 35.9 Å². The smallest absolute Gasteiger partial charge is 0.151 e. The Balaban J connectivity index is 1.80. The summed E-state index contributed by atoms with van der Waals surface area (Å²) in [6.07, 6.45) is 0. The molecule has 0 spiro atoms. The zero-order valence-electron chi connectivity index (χ0n) is 14.5. The van der Waals surface area contributed by atoms with Crippen LogP contribution >= 0.6 is 0 Å². The second kappa shape index (κ2) is 5.41. The first-order valence-electron chi connectivity index (χ1n) is 8.29. The number of aromatic nitrogens is 1. The normalized spacial score (nSPS) is 11.3. The second-order valence-corrected chi connectivity index (χ2v) is 6.64. The van der Waals surface area contributed by atoms with Gasteiger partial charge in [-0.15, -0.1) is 0 Å². The summed E-state index contributed by atoms with van der Waals surface area (Å²) < 4.78 is 6.18. The van der Waals surface area contributed by atoms with Crippen LogP contribution in [0.25, 0.3) is 33.7 Å². The number of nitrogens with one attached hydrogen (secondary N) is 1. The predicted octanol–water partition coefficient (Wildman–Crippen LogP) is 6.33. The Bertz CT molecular complexity index is 1030. The van der Waals surface area contributed by atoms with E-state index >= 15 is 0 Å². The lowest BCUT2D eigenvalue weighted by molar-refractivity contribution is 0.626. The van der Waals surface area contributed by atoms with Gasteiger partial charge < -0.3 is 9.40 Å². The van der Waals surface area contributed by atoms with Crippen LogP contribution in [-0.2, 0) is 0 Å². The van der Waals surface area contributed by atoms with Crippen LogP contribution in [0, 0.1) is 27.7 Å². The van der Waals surface area contributed by atoms with Gasteiger partial charge in [-0.05, 0) is 68.1 Å². The summed E-state index contributed by atoms with van der Waals surface area (Å²) >= 11 is 0. The molecule has 0 aliphatic rings. The monoisotopic (exact) mass is 315 g/mol. The van der Waals surface area contributed by atoms with E-state index in [9.17, 15) is 0 Å². The lowest BCUT2D eigenvalue weighted by atomic mass is 10.0. The van der Waals surface area contributed by atoms with Crippen LogP contribution in [-0.4, -0.2) is 4.98 Å². The SMILES string of the molecule is Cc1ccc(-c2ccc(-c3cc4c(C)cc(C)c(C)c4o3)[nH]2)cc1. The van der Waals surface area contributed by atoms with Crippen molar-refractivity contribution in [1.29, 1.82) is 0 Å². The molecule has 24 heavy (non-hydrogen) atoms. The molecular weight excluding hydrogens is 294 g/mol. The summed E-state index contributed by atoms with van der Waals surface area (Å²) in [4.78, 5) is 3.49. The number of rotatable bonds is 2. The fourth-order valence-corrected chi connectivity index (χ4v) is 3.23. The van der Waals surface area contributed by atoms with E-state index in [0.717, 1.165) is 22.7 Å². The van der Waals surface area contributed by atoms with Crippen LogP contribution in [0.3, 0.4) is 0 Å². The van der Waals surface area contributed by atoms with Crippen LogP contribution in [0.1, 0.15) is 22.3 Å². The molecule has 2 heteroatoms. The van der Waals surface area contributed by atoms with Crippen LogP contribution < -0.4 is 0 Å². The van der Waals surface area contributed by atoms with Gasteiger partial charge in [0.15, 0.2) is 5.76 Å². The Hall–Kier alpha value is -2.74. The molecule has 4 aromatic rings. The lowest BCUT2D eigenvalue weighted by Gasteiger charge is -2.02. The molecule has 0 unspecified atom stereocenters. The first kappa shape index (κ1) is 14.8. The van der Waals surface area contributed by atoms with Crippen molar-refractivity contribution >= 4 is 11.0 Å². The lowest BCUT2D eigenvalue weighted by Crippen LogP contribution is -1.83. The quantitative estimate of drug-likeness (QED) is 0.460. The van der Waals surface area contributed by atoms with Gasteiger partial charge in [0.25, 0.3) is 0 Å². The summed E-state index contributed by atoms with van der Waals surface area (Å²) in [5, 5.41) is 1.19. The van der Waals surface area contributed by atoms with Crippen molar-refractivity contribution in [3.8, 4) is 22.7 Å². The molecule has 120 valence electrons. The average molecular weight is 315 g/mol. The number of hydrogen-bond acceptors (Lipinski definition) is 1. The number of furan rings is 1. The number of fused-ring (bicyclic) bond motifs is 1. The van der Waals surface area contributed by atoms with Gasteiger partial charge in [0.1, 0.15) is 5.58 Å². The summed E-state index contributed by atoms with van der Waals surface area (Å²) in [6.45, 7) is 8.50. The third kappa shape index (κ3) is 2.35. The molecule has 0 radical (unpaired) electrons. The number of aryl methyl sites for hydroxylation is 4. The summed E-state index contributed by atoms with van der Waals surface area (Å²) in [5.74, 6) is 0.889. The summed E-state index contributed by atoms with van der Waals surface area (Å²) in [6, 6.07) is 17.1. The van der Waals surface area contributed by atoms with Gasteiger partial charge in [0.05, 0.1) is 5.69 Å². The highest BCUT2D eigenvalue weighted by atomic mass is 16.3. The Labute approximate surface area is 142 Å². The highest BCUT2D eigenvalue weighted by Gasteiger charge is 2.13. The van der Waals surface area contributed by atoms with E-state index in [2.05, 4.69) is 81.2 Å². The minimum Gasteiger partial charge on any atom is -0.454 e. The van der Waals surface area contributed by atoms with Crippen molar-refractivity contribution in [3.63, 3.8) is 0 Å². The van der Waals surface area contributed by atoms with Gasteiger partial charge in [0, 0.05) is 11.1 Å². The largest absolute Gasteiger partial charge is 0.454 e. The zero-order valence-corrected chi connectivity index (χ0v) is 14.5. The van der Waals surface area contributed by atoms with Crippen LogP contribution in [0.4, 0.5) is 0 Å². The molecule has 0 aliphatic heterocycles. The first-order chi connectivity index (χ1) is 11.5. The van der Waals surface area contributed by atoms with Crippen LogP contribution in [0.15, 0.2) is 52.9 Å². The van der Waals surface area contributed by atoms with Gasteiger partial charge in [-0.25, -0.2) is 0 Å². The molecule has 0 atom stereocenters. The summed E-state index contributed by atoms with van der Waals surface area (Å²) in [7, 11) is 0. The van der Waals surface area contributed by atoms with Crippen molar-refractivity contribution in [3.05, 3.63) is 70.8 Å². The van der Waals surface area contributed by atoms with Crippen molar-refractivity contribution < 1.29 is 4.42 Å². The molecule has 0 amide bonds. The van der Waals surface area contributed by atoms with Crippen molar-refractivity contribution in [2.24, 2.45) is 0 Å². The number of hydrogen-bond donors (Lipinski definition) is 1. The molecule has 0 saturated carbocycles. The van der Waals surface area contributed by atoms with E-state index < -0.39 is 0 Å². The molecule has 4 rings (SSSR count). The molecule has 0 bridgehead atoms. The van der Waals surface area contributed by atoms with Crippen LogP contribution in [0.2, 0.25) is 0 Å². The standard InChI is InChI=1S/C22H21NO/c1-13-5-7-17(8-6-13)19-9-10-20(23-19)21-12-18-15(3)11-14(2)16(4)22(18)24-21/h5-12,23H,1-4H3. The average Bonchev–Trinajstić information content (AvgIpc) is 3.20. The van der Waals surface area contributed by atoms with E-state index in [1.165, 1.54) is 33.2 Å². The highest BCUT2D eigenvalue weighted by molar-refractivity contribution is 5.88. The topological polar surface area (TPSA) is 28.9 Å². The van der Waals surface area contributed by atoms with Gasteiger partial charge in [-0.3, -0.25) is 0 Å². The van der Waals surface area contributed by atoms with Gasteiger partial charge in [-0.2, -0.15) is 0 Å². The maximum Gasteiger partial charge on any atom is 0.151 e.